The molecule has 4 rings (SSSR count). The van der Waals surface area contributed by atoms with E-state index in [4.69, 9.17) is 0 Å². The standard InChI is InChI=1S/C17H23N5/c1-21-7-6-20-17(21)12-22-10-14-3-2-13(16(14)11-22)8-15-9-18-4-5-19-15/h4-7,9,13-14,16H,2-3,8,10-12H2,1H3/t13-,14-,16-/m1/s1. The van der Waals surface area contributed by atoms with Gasteiger partial charge in [-0.2, -0.15) is 0 Å². The Balaban J connectivity index is 1.40. The summed E-state index contributed by atoms with van der Waals surface area (Å²) in [6.07, 6.45) is 13.2. The lowest BCUT2D eigenvalue weighted by atomic mass is 9.89. The molecule has 3 atom stereocenters. The largest absolute Gasteiger partial charge is 0.337 e. The zero-order valence-electron chi connectivity index (χ0n) is 13.1. The van der Waals surface area contributed by atoms with Crippen LogP contribution < -0.4 is 0 Å². The van der Waals surface area contributed by atoms with Gasteiger partial charge in [0.2, 0.25) is 0 Å². The molecular weight excluding hydrogens is 274 g/mol. The smallest absolute Gasteiger partial charge is 0.122 e. The summed E-state index contributed by atoms with van der Waals surface area (Å²) in [5.74, 6) is 3.63. The number of fused-ring (bicyclic) bond motifs is 1. The maximum atomic E-state index is 4.46. The summed E-state index contributed by atoms with van der Waals surface area (Å²) in [7, 11) is 2.08. The Bertz CT molecular complexity index is 623. The van der Waals surface area contributed by atoms with Gasteiger partial charge in [-0.25, -0.2) is 4.98 Å². The van der Waals surface area contributed by atoms with Gasteiger partial charge < -0.3 is 4.57 Å². The van der Waals surface area contributed by atoms with Gasteiger partial charge in [0.05, 0.1) is 12.2 Å². The Hall–Kier alpha value is -1.75. The normalized spacial score (nSPS) is 28.1. The second kappa shape index (κ2) is 5.80. The van der Waals surface area contributed by atoms with Crippen molar-refractivity contribution in [3.05, 3.63) is 42.5 Å². The molecule has 5 nitrogen and oxygen atoms in total. The summed E-state index contributed by atoms with van der Waals surface area (Å²) in [6, 6.07) is 0. The van der Waals surface area contributed by atoms with Gasteiger partial charge in [0.15, 0.2) is 0 Å². The van der Waals surface area contributed by atoms with Crippen LogP contribution in [0.3, 0.4) is 0 Å². The number of rotatable bonds is 4. The van der Waals surface area contributed by atoms with E-state index in [-0.39, 0.29) is 0 Å². The molecule has 0 spiro atoms. The molecule has 0 aromatic carbocycles. The number of aromatic nitrogens is 4. The molecule has 116 valence electrons. The van der Waals surface area contributed by atoms with Gasteiger partial charge >= 0.3 is 0 Å². The molecule has 2 aliphatic rings. The van der Waals surface area contributed by atoms with E-state index in [0.717, 1.165) is 36.4 Å². The Morgan fingerprint density at radius 2 is 2.09 bits per heavy atom. The fourth-order valence-corrected chi connectivity index (χ4v) is 4.31. The van der Waals surface area contributed by atoms with Crippen molar-refractivity contribution in [2.24, 2.45) is 24.8 Å². The summed E-state index contributed by atoms with van der Waals surface area (Å²) < 4.78 is 2.13. The van der Waals surface area contributed by atoms with Crippen LogP contribution in [0.2, 0.25) is 0 Å². The number of hydrogen-bond acceptors (Lipinski definition) is 4. The highest BCUT2D eigenvalue weighted by Crippen LogP contribution is 2.43. The molecule has 0 radical (unpaired) electrons. The summed E-state index contributed by atoms with van der Waals surface area (Å²) in [6.45, 7) is 3.42. The second-order valence-corrected chi connectivity index (χ2v) is 6.81. The average Bonchev–Trinajstić information content (AvgIpc) is 3.20. The third-order valence-corrected chi connectivity index (χ3v) is 5.45. The maximum absolute atomic E-state index is 4.46. The molecule has 3 heterocycles. The van der Waals surface area contributed by atoms with Crippen molar-refractivity contribution in [1.29, 1.82) is 0 Å². The molecule has 2 fully saturated rings. The van der Waals surface area contributed by atoms with E-state index in [2.05, 4.69) is 31.5 Å². The Kier molecular flexibility index (Phi) is 3.66. The Morgan fingerprint density at radius 1 is 1.14 bits per heavy atom. The highest BCUT2D eigenvalue weighted by atomic mass is 15.2. The molecule has 22 heavy (non-hydrogen) atoms. The molecule has 0 bridgehead atoms. The van der Waals surface area contributed by atoms with Gasteiger partial charge in [0, 0.05) is 51.1 Å². The molecule has 2 aromatic rings. The molecule has 5 heteroatoms. The van der Waals surface area contributed by atoms with E-state index in [9.17, 15) is 0 Å². The first-order valence-electron chi connectivity index (χ1n) is 8.23. The van der Waals surface area contributed by atoms with Crippen molar-refractivity contribution in [2.45, 2.75) is 25.8 Å². The monoisotopic (exact) mass is 297 g/mol. The quantitative estimate of drug-likeness (QED) is 0.865. The van der Waals surface area contributed by atoms with Crippen LogP contribution >= 0.6 is 0 Å². The zero-order valence-corrected chi connectivity index (χ0v) is 13.1. The van der Waals surface area contributed by atoms with Gasteiger partial charge in [-0.15, -0.1) is 0 Å². The van der Waals surface area contributed by atoms with Crippen LogP contribution in [-0.4, -0.2) is 37.5 Å². The van der Waals surface area contributed by atoms with Crippen molar-refractivity contribution in [2.75, 3.05) is 13.1 Å². The predicted octanol–water partition coefficient (Wildman–Crippen LogP) is 1.91. The van der Waals surface area contributed by atoms with Crippen LogP contribution in [0, 0.1) is 17.8 Å². The predicted molar refractivity (Wildman–Crippen MR) is 83.9 cm³/mol. The number of likely N-dealkylation sites (tertiary alicyclic amines) is 1. The summed E-state index contributed by atoms with van der Waals surface area (Å²) in [4.78, 5) is 15.7. The van der Waals surface area contributed by atoms with E-state index in [1.165, 1.54) is 31.8 Å². The first-order valence-corrected chi connectivity index (χ1v) is 8.23. The van der Waals surface area contributed by atoms with E-state index < -0.39 is 0 Å². The number of aryl methyl sites for hydroxylation is 1. The minimum Gasteiger partial charge on any atom is -0.337 e. The van der Waals surface area contributed by atoms with E-state index >= 15 is 0 Å². The Labute approximate surface area is 131 Å². The summed E-state index contributed by atoms with van der Waals surface area (Å²) in [5, 5.41) is 0. The van der Waals surface area contributed by atoms with E-state index in [1.807, 2.05) is 24.8 Å². The number of nitrogens with zero attached hydrogens (tertiary/aromatic N) is 5. The van der Waals surface area contributed by atoms with Crippen LogP contribution in [0.4, 0.5) is 0 Å². The molecule has 0 N–H and O–H groups in total. The van der Waals surface area contributed by atoms with Gasteiger partial charge in [-0.05, 0) is 37.0 Å². The van der Waals surface area contributed by atoms with Gasteiger partial charge in [-0.1, -0.05) is 0 Å². The molecule has 0 amide bonds. The van der Waals surface area contributed by atoms with Gasteiger partial charge in [0.25, 0.3) is 0 Å². The summed E-state index contributed by atoms with van der Waals surface area (Å²) >= 11 is 0. The highest BCUT2D eigenvalue weighted by molar-refractivity contribution is 5.03. The van der Waals surface area contributed by atoms with Crippen LogP contribution in [-0.2, 0) is 20.0 Å². The van der Waals surface area contributed by atoms with Crippen LogP contribution in [0.25, 0.3) is 0 Å². The SMILES string of the molecule is Cn1ccnc1CN1C[C@H]2CC[C@H](Cc3cnccn3)[C@H]2C1. The molecule has 1 aliphatic heterocycles. The fraction of sp³-hybridized carbons (Fsp3) is 0.588. The number of imidazole rings is 1. The summed E-state index contributed by atoms with van der Waals surface area (Å²) in [5.41, 5.74) is 1.15. The van der Waals surface area contributed by atoms with Crippen molar-refractivity contribution >= 4 is 0 Å². The average molecular weight is 297 g/mol. The fourth-order valence-electron chi connectivity index (χ4n) is 4.31. The van der Waals surface area contributed by atoms with Gasteiger partial charge in [-0.3, -0.25) is 14.9 Å². The zero-order chi connectivity index (χ0) is 14.9. The molecule has 1 aliphatic carbocycles. The van der Waals surface area contributed by atoms with Crippen molar-refractivity contribution in [3.63, 3.8) is 0 Å². The third kappa shape index (κ3) is 2.65. The third-order valence-electron chi connectivity index (χ3n) is 5.45. The van der Waals surface area contributed by atoms with Crippen LogP contribution in [0.1, 0.15) is 24.4 Å². The Morgan fingerprint density at radius 3 is 2.86 bits per heavy atom. The molecule has 2 aromatic heterocycles. The number of hydrogen-bond donors (Lipinski definition) is 0. The molecule has 1 saturated carbocycles. The van der Waals surface area contributed by atoms with Crippen LogP contribution in [0.15, 0.2) is 31.0 Å². The maximum Gasteiger partial charge on any atom is 0.122 e. The van der Waals surface area contributed by atoms with E-state index in [0.29, 0.717) is 0 Å². The van der Waals surface area contributed by atoms with E-state index in [1.54, 1.807) is 6.20 Å². The highest BCUT2D eigenvalue weighted by Gasteiger charge is 2.42. The molecule has 0 unspecified atom stereocenters. The first-order chi connectivity index (χ1) is 10.8. The molecular formula is C17H23N5. The minimum absolute atomic E-state index is 0.771. The topological polar surface area (TPSA) is 46.8 Å². The first kappa shape index (κ1) is 13.9. The van der Waals surface area contributed by atoms with Gasteiger partial charge in [0.1, 0.15) is 5.82 Å². The lowest BCUT2D eigenvalue weighted by molar-refractivity contribution is 0.273. The lowest BCUT2D eigenvalue weighted by Gasteiger charge is -2.20. The van der Waals surface area contributed by atoms with Crippen molar-refractivity contribution < 1.29 is 0 Å². The second-order valence-electron chi connectivity index (χ2n) is 6.81. The lowest BCUT2D eigenvalue weighted by Crippen LogP contribution is -2.24. The van der Waals surface area contributed by atoms with Crippen LogP contribution in [0.5, 0.6) is 0 Å². The van der Waals surface area contributed by atoms with Crippen molar-refractivity contribution in [3.8, 4) is 0 Å². The minimum atomic E-state index is 0.771. The molecule has 1 saturated heterocycles. The van der Waals surface area contributed by atoms with Crippen molar-refractivity contribution in [1.82, 2.24) is 24.4 Å².